The normalized spacial score (nSPS) is 17.0. The quantitative estimate of drug-likeness (QED) is 0.655. The van der Waals surface area contributed by atoms with Crippen LogP contribution in [0.1, 0.15) is 26.2 Å². The van der Waals surface area contributed by atoms with Gasteiger partial charge in [0.2, 0.25) is 5.91 Å². The van der Waals surface area contributed by atoms with Gasteiger partial charge in [0.05, 0.1) is 24.5 Å². The van der Waals surface area contributed by atoms with Gasteiger partial charge in [0, 0.05) is 12.5 Å². The highest BCUT2D eigenvalue weighted by molar-refractivity contribution is 7.91. The first-order chi connectivity index (χ1) is 8.34. The molecule has 0 saturated heterocycles. The largest absolute Gasteiger partial charge is 0.469 e. The zero-order chi connectivity index (χ0) is 13.8. The van der Waals surface area contributed by atoms with Gasteiger partial charge in [-0.05, 0) is 12.8 Å². The number of methoxy groups -OCH3 is 1. The molecule has 7 heteroatoms. The zero-order valence-corrected chi connectivity index (χ0v) is 11.5. The Balaban J connectivity index is 2.34. The Bertz CT molecular complexity index is 413. The van der Waals surface area contributed by atoms with E-state index in [9.17, 15) is 18.0 Å². The summed E-state index contributed by atoms with van der Waals surface area (Å²) in [4.78, 5) is 22.5. The van der Waals surface area contributed by atoms with E-state index in [-0.39, 0.29) is 29.9 Å². The molecule has 0 aromatic rings. The van der Waals surface area contributed by atoms with Gasteiger partial charge in [-0.15, -0.1) is 0 Å². The van der Waals surface area contributed by atoms with E-state index >= 15 is 0 Å². The van der Waals surface area contributed by atoms with E-state index in [0.29, 0.717) is 0 Å². The summed E-state index contributed by atoms with van der Waals surface area (Å²) in [5.74, 6) is -2.01. The van der Waals surface area contributed by atoms with E-state index in [2.05, 4.69) is 10.1 Å². The first kappa shape index (κ1) is 14.9. The smallest absolute Gasteiger partial charge is 0.309 e. The number of hydrogen-bond acceptors (Lipinski definition) is 5. The molecule has 0 bridgehead atoms. The van der Waals surface area contributed by atoms with Gasteiger partial charge in [0.15, 0.2) is 9.84 Å². The van der Waals surface area contributed by atoms with Crippen molar-refractivity contribution < 1.29 is 22.7 Å². The average Bonchev–Trinajstić information content (AvgIpc) is 3.08. The first-order valence-electron chi connectivity index (χ1n) is 5.91. The highest BCUT2D eigenvalue weighted by Gasteiger charge is 2.25. The van der Waals surface area contributed by atoms with Gasteiger partial charge < -0.3 is 10.1 Å². The first-order valence-corrected chi connectivity index (χ1v) is 7.74. The lowest BCUT2D eigenvalue weighted by Crippen LogP contribution is -2.29. The minimum Gasteiger partial charge on any atom is -0.469 e. The fraction of sp³-hybridized carbons (Fsp3) is 0.818. The Morgan fingerprint density at radius 3 is 2.50 bits per heavy atom. The zero-order valence-electron chi connectivity index (χ0n) is 10.6. The number of sulfone groups is 1. The molecule has 1 amide bonds. The molecule has 1 unspecified atom stereocenters. The van der Waals surface area contributed by atoms with E-state index < -0.39 is 21.7 Å². The number of nitrogens with one attached hydrogen (secondary N) is 1. The predicted octanol–water partition coefficient (Wildman–Crippen LogP) is -0.121. The molecule has 0 aromatic heterocycles. The van der Waals surface area contributed by atoms with Crippen LogP contribution in [-0.2, 0) is 24.2 Å². The van der Waals surface area contributed by atoms with Crippen molar-refractivity contribution in [2.45, 2.75) is 32.2 Å². The molecule has 0 radical (unpaired) electrons. The Hall–Kier alpha value is -1.11. The van der Waals surface area contributed by atoms with Crippen molar-refractivity contribution in [2.24, 2.45) is 5.92 Å². The molecule has 1 rings (SSSR count). The SMILES string of the molecule is COC(=O)C(C)CS(=O)(=O)CCC(=O)NC1CC1. The Morgan fingerprint density at radius 1 is 1.39 bits per heavy atom. The monoisotopic (exact) mass is 277 g/mol. The van der Waals surface area contributed by atoms with Crippen LogP contribution >= 0.6 is 0 Å². The second-order valence-electron chi connectivity index (χ2n) is 4.63. The molecule has 1 saturated carbocycles. The molecule has 18 heavy (non-hydrogen) atoms. The van der Waals surface area contributed by atoms with Crippen molar-refractivity contribution in [2.75, 3.05) is 18.6 Å². The summed E-state index contributed by atoms with van der Waals surface area (Å²) in [7, 11) is -2.19. The lowest BCUT2D eigenvalue weighted by Gasteiger charge is -2.09. The molecule has 0 aromatic carbocycles. The third kappa shape index (κ3) is 5.48. The summed E-state index contributed by atoms with van der Waals surface area (Å²) in [6.45, 7) is 1.49. The van der Waals surface area contributed by atoms with E-state index in [1.165, 1.54) is 14.0 Å². The number of hydrogen-bond donors (Lipinski definition) is 1. The maximum atomic E-state index is 11.7. The minimum absolute atomic E-state index is 0.0489. The summed E-state index contributed by atoms with van der Waals surface area (Å²) in [5, 5.41) is 2.72. The van der Waals surface area contributed by atoms with Gasteiger partial charge in [0.1, 0.15) is 0 Å². The summed E-state index contributed by atoms with van der Waals surface area (Å²) in [5.41, 5.74) is 0. The number of carbonyl (C=O) groups is 2. The van der Waals surface area contributed by atoms with Crippen molar-refractivity contribution in [1.29, 1.82) is 0 Å². The van der Waals surface area contributed by atoms with Crippen LogP contribution in [0.25, 0.3) is 0 Å². The third-order valence-electron chi connectivity index (χ3n) is 2.69. The van der Waals surface area contributed by atoms with Crippen LogP contribution in [0.2, 0.25) is 0 Å². The molecule has 1 fully saturated rings. The molecule has 1 N–H and O–H groups in total. The molecule has 104 valence electrons. The van der Waals surface area contributed by atoms with Gasteiger partial charge in [-0.3, -0.25) is 9.59 Å². The summed E-state index contributed by atoms with van der Waals surface area (Å²) >= 11 is 0. The molecule has 0 spiro atoms. The van der Waals surface area contributed by atoms with Crippen LogP contribution < -0.4 is 5.32 Å². The third-order valence-corrected chi connectivity index (χ3v) is 4.52. The number of carbonyl (C=O) groups excluding carboxylic acids is 2. The molecule has 1 aliphatic rings. The standard InChI is InChI=1S/C11H19NO5S/c1-8(11(14)17-2)7-18(15,16)6-5-10(13)12-9-3-4-9/h8-9H,3-7H2,1-2H3,(H,12,13). The van der Waals surface area contributed by atoms with Gasteiger partial charge >= 0.3 is 5.97 Å². The predicted molar refractivity (Wildman–Crippen MR) is 65.6 cm³/mol. The van der Waals surface area contributed by atoms with Crippen molar-refractivity contribution in [3.05, 3.63) is 0 Å². The fourth-order valence-corrected chi connectivity index (χ4v) is 3.07. The lowest BCUT2D eigenvalue weighted by atomic mass is 10.2. The van der Waals surface area contributed by atoms with E-state index in [4.69, 9.17) is 0 Å². The summed E-state index contributed by atoms with van der Waals surface area (Å²) < 4.78 is 27.8. The van der Waals surface area contributed by atoms with Crippen LogP contribution in [0, 0.1) is 5.92 Å². The van der Waals surface area contributed by atoms with Gasteiger partial charge in [-0.25, -0.2) is 8.42 Å². The van der Waals surface area contributed by atoms with Crippen LogP contribution in [0.5, 0.6) is 0 Å². The second-order valence-corrected chi connectivity index (χ2v) is 6.86. The van der Waals surface area contributed by atoms with Gasteiger partial charge in [-0.1, -0.05) is 6.92 Å². The highest BCUT2D eigenvalue weighted by atomic mass is 32.2. The van der Waals surface area contributed by atoms with Crippen LogP contribution in [0.4, 0.5) is 0 Å². The highest BCUT2D eigenvalue weighted by Crippen LogP contribution is 2.18. The summed E-state index contributed by atoms with van der Waals surface area (Å²) in [6.07, 6.45) is 1.89. The molecule has 0 aliphatic heterocycles. The molecular weight excluding hydrogens is 258 g/mol. The van der Waals surface area contributed by atoms with Crippen LogP contribution in [-0.4, -0.2) is 45.0 Å². The Kier molecular flexibility index (Phi) is 5.13. The number of amides is 1. The summed E-state index contributed by atoms with van der Waals surface area (Å²) in [6, 6.07) is 0.231. The van der Waals surface area contributed by atoms with E-state index in [0.717, 1.165) is 12.8 Å². The van der Waals surface area contributed by atoms with E-state index in [1.807, 2.05) is 0 Å². The average molecular weight is 277 g/mol. The molecule has 1 aliphatic carbocycles. The van der Waals surface area contributed by atoms with Crippen molar-refractivity contribution in [1.82, 2.24) is 5.32 Å². The maximum absolute atomic E-state index is 11.7. The number of esters is 1. The number of rotatable bonds is 7. The van der Waals surface area contributed by atoms with Crippen molar-refractivity contribution in [3.8, 4) is 0 Å². The molecule has 6 nitrogen and oxygen atoms in total. The van der Waals surface area contributed by atoms with Gasteiger partial charge in [0.25, 0.3) is 0 Å². The molecule has 0 heterocycles. The van der Waals surface area contributed by atoms with Crippen molar-refractivity contribution in [3.63, 3.8) is 0 Å². The molecule has 1 atom stereocenters. The van der Waals surface area contributed by atoms with Crippen molar-refractivity contribution >= 4 is 21.7 Å². The minimum atomic E-state index is -3.41. The fourth-order valence-electron chi connectivity index (χ4n) is 1.51. The van der Waals surface area contributed by atoms with Crippen LogP contribution in [0.3, 0.4) is 0 Å². The second kappa shape index (κ2) is 6.17. The van der Waals surface area contributed by atoms with E-state index in [1.54, 1.807) is 0 Å². The maximum Gasteiger partial charge on any atom is 0.309 e. The topological polar surface area (TPSA) is 89.5 Å². The Labute approximate surface area is 107 Å². The van der Waals surface area contributed by atoms with Gasteiger partial charge in [-0.2, -0.15) is 0 Å². The Morgan fingerprint density at radius 2 is 2.00 bits per heavy atom. The molecular formula is C11H19NO5S. The van der Waals surface area contributed by atoms with Crippen LogP contribution in [0.15, 0.2) is 0 Å². The number of ether oxygens (including phenoxy) is 1. The lowest BCUT2D eigenvalue weighted by molar-refractivity contribution is -0.144.